The summed E-state index contributed by atoms with van der Waals surface area (Å²) >= 11 is 0. The molecule has 1 saturated heterocycles. The van der Waals surface area contributed by atoms with Crippen LogP contribution >= 0.6 is 0 Å². The van der Waals surface area contributed by atoms with Crippen LogP contribution in [0, 0.1) is 5.41 Å². The van der Waals surface area contributed by atoms with E-state index in [0.29, 0.717) is 12.3 Å². The van der Waals surface area contributed by atoms with Gasteiger partial charge in [-0.05, 0) is 44.6 Å². The van der Waals surface area contributed by atoms with Crippen molar-refractivity contribution in [2.75, 3.05) is 6.61 Å². The van der Waals surface area contributed by atoms with E-state index in [2.05, 4.69) is 10.6 Å². The van der Waals surface area contributed by atoms with Crippen LogP contribution in [0.2, 0.25) is 0 Å². The van der Waals surface area contributed by atoms with Gasteiger partial charge in [-0.3, -0.25) is 5.41 Å². The van der Waals surface area contributed by atoms with Gasteiger partial charge in [-0.15, -0.1) is 0 Å². The number of ether oxygens (including phenoxy) is 2. The minimum Gasteiger partial charge on any atom is -0.464 e. The van der Waals surface area contributed by atoms with Gasteiger partial charge in [0.1, 0.15) is 12.6 Å². The van der Waals surface area contributed by atoms with Gasteiger partial charge in [-0.1, -0.05) is 36.8 Å². The predicted molar refractivity (Wildman–Crippen MR) is 107 cm³/mol. The zero-order valence-electron chi connectivity index (χ0n) is 16.5. The second kappa shape index (κ2) is 12.0. The molecule has 1 fully saturated rings. The molecular weight excluding hydrogens is 358 g/mol. The van der Waals surface area contributed by atoms with Gasteiger partial charge in [-0.2, -0.15) is 0 Å². The van der Waals surface area contributed by atoms with E-state index in [1.807, 2.05) is 30.3 Å². The molecule has 1 amide bonds. The summed E-state index contributed by atoms with van der Waals surface area (Å²) in [5, 5.41) is 13.7. The van der Waals surface area contributed by atoms with Gasteiger partial charge in [0.05, 0.1) is 12.4 Å². The molecule has 3 N–H and O–H groups in total. The van der Waals surface area contributed by atoms with E-state index in [9.17, 15) is 9.59 Å². The van der Waals surface area contributed by atoms with E-state index in [4.69, 9.17) is 14.9 Å². The zero-order valence-corrected chi connectivity index (χ0v) is 16.5. The molecule has 2 unspecified atom stereocenters. The zero-order chi connectivity index (χ0) is 20.2. The van der Waals surface area contributed by atoms with Crippen LogP contribution in [0.4, 0.5) is 4.79 Å². The first-order valence-electron chi connectivity index (χ1n) is 10.1. The summed E-state index contributed by atoms with van der Waals surface area (Å²) in [6.07, 6.45) is 5.41. The van der Waals surface area contributed by atoms with E-state index in [-0.39, 0.29) is 19.3 Å². The third-order valence-electron chi connectivity index (χ3n) is 4.73. The molecule has 0 radical (unpaired) electrons. The summed E-state index contributed by atoms with van der Waals surface area (Å²) in [5.74, 6) is 0.146. The summed E-state index contributed by atoms with van der Waals surface area (Å²) in [5.41, 5.74) is 0.882. The van der Waals surface area contributed by atoms with Gasteiger partial charge < -0.3 is 20.1 Å². The predicted octanol–water partition coefficient (Wildman–Crippen LogP) is 3.52. The van der Waals surface area contributed by atoms with Crippen molar-refractivity contribution >= 4 is 17.9 Å². The number of hydrogen-bond donors (Lipinski definition) is 3. The van der Waals surface area contributed by atoms with Crippen molar-refractivity contribution in [3.05, 3.63) is 35.9 Å². The Labute approximate surface area is 166 Å². The smallest absolute Gasteiger partial charge is 0.408 e. The Morgan fingerprint density at radius 3 is 2.79 bits per heavy atom. The maximum absolute atomic E-state index is 12.2. The van der Waals surface area contributed by atoms with Crippen LogP contribution in [-0.4, -0.2) is 36.6 Å². The number of alkyl carbamates (subject to hydrolysis) is 1. The second-order valence-corrected chi connectivity index (χ2v) is 7.01. The average molecular weight is 389 g/mol. The van der Waals surface area contributed by atoms with Crippen LogP contribution in [0.1, 0.15) is 57.4 Å². The minimum absolute atomic E-state index is 0.149. The SMILES string of the molecule is CCOC(=O)C(CCCC1CCCCC(=N)N1)NC(=O)OCc1ccccc1. The monoisotopic (exact) mass is 389 g/mol. The van der Waals surface area contributed by atoms with Crippen molar-refractivity contribution < 1.29 is 19.1 Å². The lowest BCUT2D eigenvalue weighted by molar-refractivity contribution is -0.145. The number of esters is 1. The molecule has 7 nitrogen and oxygen atoms in total. The molecule has 0 aliphatic carbocycles. The molecule has 0 aromatic heterocycles. The highest BCUT2D eigenvalue weighted by Crippen LogP contribution is 2.15. The number of hydrogen-bond acceptors (Lipinski definition) is 5. The van der Waals surface area contributed by atoms with Gasteiger partial charge in [0.15, 0.2) is 0 Å². The van der Waals surface area contributed by atoms with E-state index < -0.39 is 18.1 Å². The fraction of sp³-hybridized carbons (Fsp3) is 0.571. The van der Waals surface area contributed by atoms with E-state index in [0.717, 1.165) is 44.1 Å². The number of nitrogens with one attached hydrogen (secondary N) is 3. The highest BCUT2D eigenvalue weighted by atomic mass is 16.6. The van der Waals surface area contributed by atoms with Crippen LogP contribution in [0.15, 0.2) is 30.3 Å². The largest absolute Gasteiger partial charge is 0.464 e. The molecule has 2 atom stereocenters. The van der Waals surface area contributed by atoms with Gasteiger partial charge in [0.25, 0.3) is 0 Å². The average Bonchev–Trinajstić information content (AvgIpc) is 2.90. The summed E-state index contributed by atoms with van der Waals surface area (Å²) in [6, 6.07) is 8.90. The van der Waals surface area contributed by atoms with Crippen LogP contribution < -0.4 is 10.6 Å². The first-order valence-corrected chi connectivity index (χ1v) is 10.1. The molecule has 28 heavy (non-hydrogen) atoms. The standard InChI is InChI=1S/C21H31N3O4/c1-2-27-20(25)18(13-8-12-17-11-6-7-14-19(22)23-17)24-21(26)28-15-16-9-4-3-5-10-16/h3-5,9-10,17-18H,2,6-8,11-15H2,1H3,(H2,22,23)(H,24,26). The fourth-order valence-electron chi connectivity index (χ4n) is 3.27. The third kappa shape index (κ3) is 7.98. The number of benzene rings is 1. The Hall–Kier alpha value is -2.57. The van der Waals surface area contributed by atoms with Crippen molar-refractivity contribution in [2.45, 2.75) is 70.6 Å². The lowest BCUT2D eigenvalue weighted by atomic mass is 10.0. The van der Waals surface area contributed by atoms with Gasteiger partial charge in [0, 0.05) is 12.5 Å². The van der Waals surface area contributed by atoms with Crippen molar-refractivity contribution in [2.24, 2.45) is 0 Å². The minimum atomic E-state index is -0.728. The Kier molecular flexibility index (Phi) is 9.31. The molecule has 1 aliphatic rings. The Bertz CT molecular complexity index is 636. The summed E-state index contributed by atoms with van der Waals surface area (Å²) in [7, 11) is 0. The van der Waals surface area contributed by atoms with Gasteiger partial charge in [0.2, 0.25) is 0 Å². The molecule has 1 aromatic carbocycles. The number of amidine groups is 1. The van der Waals surface area contributed by atoms with Crippen molar-refractivity contribution in [3.8, 4) is 0 Å². The maximum Gasteiger partial charge on any atom is 0.408 e. The summed E-state index contributed by atoms with van der Waals surface area (Å²) in [4.78, 5) is 24.3. The summed E-state index contributed by atoms with van der Waals surface area (Å²) < 4.78 is 10.3. The summed E-state index contributed by atoms with van der Waals surface area (Å²) in [6.45, 7) is 2.15. The quantitative estimate of drug-likeness (QED) is 0.561. The molecule has 154 valence electrons. The molecule has 0 saturated carbocycles. The van der Waals surface area contributed by atoms with Crippen molar-refractivity contribution in [3.63, 3.8) is 0 Å². The molecule has 1 aliphatic heterocycles. The molecular formula is C21H31N3O4. The number of carbonyl (C=O) groups excluding carboxylic acids is 2. The maximum atomic E-state index is 12.2. The third-order valence-corrected chi connectivity index (χ3v) is 4.73. The molecule has 0 bridgehead atoms. The van der Waals surface area contributed by atoms with E-state index in [1.165, 1.54) is 0 Å². The molecule has 1 heterocycles. The number of rotatable bonds is 9. The van der Waals surface area contributed by atoms with E-state index in [1.54, 1.807) is 6.92 Å². The Balaban J connectivity index is 1.80. The molecule has 0 spiro atoms. The van der Waals surface area contributed by atoms with Crippen LogP contribution in [0.5, 0.6) is 0 Å². The van der Waals surface area contributed by atoms with Crippen LogP contribution in [0.25, 0.3) is 0 Å². The van der Waals surface area contributed by atoms with Crippen LogP contribution in [-0.2, 0) is 20.9 Å². The van der Waals surface area contributed by atoms with Crippen molar-refractivity contribution in [1.82, 2.24) is 10.6 Å². The number of carbonyl (C=O) groups is 2. The van der Waals surface area contributed by atoms with Crippen molar-refractivity contribution in [1.29, 1.82) is 5.41 Å². The van der Waals surface area contributed by atoms with E-state index >= 15 is 0 Å². The normalized spacial score (nSPS) is 17.8. The molecule has 2 rings (SSSR count). The van der Waals surface area contributed by atoms with Gasteiger partial charge >= 0.3 is 12.1 Å². The second-order valence-electron chi connectivity index (χ2n) is 7.01. The lowest BCUT2D eigenvalue weighted by Crippen LogP contribution is -2.42. The number of amides is 1. The Morgan fingerprint density at radius 1 is 1.25 bits per heavy atom. The van der Waals surface area contributed by atoms with Gasteiger partial charge in [-0.25, -0.2) is 9.59 Å². The molecule has 1 aromatic rings. The highest BCUT2D eigenvalue weighted by molar-refractivity contribution is 5.81. The Morgan fingerprint density at radius 2 is 2.04 bits per heavy atom. The highest BCUT2D eigenvalue weighted by Gasteiger charge is 2.23. The fourth-order valence-corrected chi connectivity index (χ4v) is 3.27. The topological polar surface area (TPSA) is 101 Å². The molecule has 7 heteroatoms. The lowest BCUT2D eigenvalue weighted by Gasteiger charge is -2.20. The van der Waals surface area contributed by atoms with Crippen LogP contribution in [0.3, 0.4) is 0 Å². The first kappa shape index (κ1) is 21.7. The first-order chi connectivity index (χ1) is 13.6.